The van der Waals surface area contributed by atoms with Crippen LogP contribution in [0, 0.1) is 5.41 Å². The summed E-state index contributed by atoms with van der Waals surface area (Å²) in [5.41, 5.74) is 0.756. The fraction of sp³-hybridized carbons (Fsp3) is 0.462. The van der Waals surface area contributed by atoms with Crippen molar-refractivity contribution in [3.05, 3.63) is 30.3 Å². The summed E-state index contributed by atoms with van der Waals surface area (Å²) < 4.78 is 0. The molecule has 0 unspecified atom stereocenters. The van der Waals surface area contributed by atoms with E-state index in [2.05, 4.69) is 12.2 Å². The Kier molecular flexibility index (Phi) is 2.76. The number of anilines is 1. The standard InChI is InChI=1S/C13H17NO/c1-13(9-5-6-10-13)12(15)14-11-7-3-2-4-8-11/h2-4,7-8H,5-6,9-10H2,1H3,(H,14,15). The van der Waals surface area contributed by atoms with Crippen LogP contribution in [0.3, 0.4) is 0 Å². The van der Waals surface area contributed by atoms with Gasteiger partial charge in [0.05, 0.1) is 0 Å². The highest BCUT2D eigenvalue weighted by molar-refractivity contribution is 5.95. The van der Waals surface area contributed by atoms with Gasteiger partial charge in [-0.25, -0.2) is 0 Å². The molecule has 2 rings (SSSR count). The van der Waals surface area contributed by atoms with E-state index < -0.39 is 0 Å². The zero-order valence-electron chi connectivity index (χ0n) is 9.12. The van der Waals surface area contributed by atoms with E-state index in [1.54, 1.807) is 0 Å². The van der Waals surface area contributed by atoms with E-state index in [0.29, 0.717) is 0 Å². The van der Waals surface area contributed by atoms with Gasteiger partial charge in [-0.15, -0.1) is 0 Å². The molecule has 0 atom stereocenters. The first-order valence-electron chi connectivity index (χ1n) is 5.57. The highest BCUT2D eigenvalue weighted by Gasteiger charge is 2.35. The van der Waals surface area contributed by atoms with Gasteiger partial charge in [-0.2, -0.15) is 0 Å². The quantitative estimate of drug-likeness (QED) is 0.785. The normalized spacial score (nSPS) is 18.7. The van der Waals surface area contributed by atoms with E-state index in [1.807, 2.05) is 30.3 Å². The van der Waals surface area contributed by atoms with Crippen molar-refractivity contribution in [2.75, 3.05) is 5.32 Å². The Balaban J connectivity index is 2.04. The van der Waals surface area contributed by atoms with Gasteiger partial charge in [-0.05, 0) is 25.0 Å². The number of rotatable bonds is 2. The third kappa shape index (κ3) is 2.20. The zero-order valence-corrected chi connectivity index (χ0v) is 9.12. The second-order valence-corrected chi connectivity index (χ2v) is 4.59. The van der Waals surface area contributed by atoms with Crippen molar-refractivity contribution in [1.82, 2.24) is 0 Å². The molecule has 1 amide bonds. The summed E-state index contributed by atoms with van der Waals surface area (Å²) in [7, 11) is 0. The topological polar surface area (TPSA) is 29.1 Å². The van der Waals surface area contributed by atoms with Crippen LogP contribution in [0.2, 0.25) is 0 Å². The van der Waals surface area contributed by atoms with E-state index in [1.165, 1.54) is 12.8 Å². The van der Waals surface area contributed by atoms with E-state index in [-0.39, 0.29) is 11.3 Å². The highest BCUT2D eigenvalue weighted by atomic mass is 16.2. The summed E-state index contributed by atoms with van der Waals surface area (Å²) in [6.07, 6.45) is 4.40. The molecule has 2 nitrogen and oxygen atoms in total. The predicted octanol–water partition coefficient (Wildman–Crippen LogP) is 3.21. The highest BCUT2D eigenvalue weighted by Crippen LogP contribution is 2.38. The van der Waals surface area contributed by atoms with Crippen LogP contribution in [-0.2, 0) is 4.79 Å². The number of hydrogen-bond acceptors (Lipinski definition) is 1. The summed E-state index contributed by atoms with van der Waals surface area (Å²) in [6, 6.07) is 9.68. The maximum absolute atomic E-state index is 12.0. The van der Waals surface area contributed by atoms with Crippen LogP contribution in [0.4, 0.5) is 5.69 Å². The summed E-state index contributed by atoms with van der Waals surface area (Å²) in [6.45, 7) is 2.07. The predicted molar refractivity (Wildman–Crippen MR) is 61.6 cm³/mol. The second-order valence-electron chi connectivity index (χ2n) is 4.59. The second kappa shape index (κ2) is 4.05. The SMILES string of the molecule is CC1(C(=O)Nc2ccccc2)CCCC1. The third-order valence-electron chi connectivity index (χ3n) is 3.29. The Morgan fingerprint density at radius 3 is 2.40 bits per heavy atom. The molecule has 1 aromatic carbocycles. The van der Waals surface area contributed by atoms with Crippen LogP contribution in [0.15, 0.2) is 30.3 Å². The Morgan fingerprint density at radius 1 is 1.20 bits per heavy atom. The molecule has 0 heterocycles. The van der Waals surface area contributed by atoms with Crippen molar-refractivity contribution >= 4 is 11.6 Å². The van der Waals surface area contributed by atoms with Crippen LogP contribution in [0.5, 0.6) is 0 Å². The Morgan fingerprint density at radius 2 is 1.80 bits per heavy atom. The molecular formula is C13H17NO. The fourth-order valence-electron chi connectivity index (χ4n) is 2.19. The lowest BCUT2D eigenvalue weighted by Crippen LogP contribution is -2.30. The molecule has 1 saturated carbocycles. The van der Waals surface area contributed by atoms with Gasteiger partial charge in [0.15, 0.2) is 0 Å². The number of amides is 1. The van der Waals surface area contributed by atoms with Gasteiger partial charge in [0.1, 0.15) is 0 Å². The average molecular weight is 203 g/mol. The fourth-order valence-corrected chi connectivity index (χ4v) is 2.19. The molecule has 0 aromatic heterocycles. The summed E-state index contributed by atoms with van der Waals surface area (Å²) in [5, 5.41) is 2.99. The summed E-state index contributed by atoms with van der Waals surface area (Å²) in [4.78, 5) is 12.0. The maximum Gasteiger partial charge on any atom is 0.230 e. The van der Waals surface area contributed by atoms with Crippen molar-refractivity contribution < 1.29 is 4.79 Å². The van der Waals surface area contributed by atoms with E-state index >= 15 is 0 Å². The lowest BCUT2D eigenvalue weighted by Gasteiger charge is -2.22. The molecule has 15 heavy (non-hydrogen) atoms. The largest absolute Gasteiger partial charge is 0.326 e. The molecule has 0 bridgehead atoms. The molecule has 1 fully saturated rings. The third-order valence-corrected chi connectivity index (χ3v) is 3.29. The zero-order chi connectivity index (χ0) is 10.7. The maximum atomic E-state index is 12.0. The molecule has 0 saturated heterocycles. The van der Waals surface area contributed by atoms with Crippen LogP contribution in [-0.4, -0.2) is 5.91 Å². The number of nitrogens with one attached hydrogen (secondary N) is 1. The molecule has 0 spiro atoms. The lowest BCUT2D eigenvalue weighted by molar-refractivity contribution is -0.124. The Hall–Kier alpha value is -1.31. The van der Waals surface area contributed by atoms with Gasteiger partial charge in [0.25, 0.3) is 0 Å². The first-order chi connectivity index (χ1) is 7.21. The molecule has 2 heteroatoms. The average Bonchev–Trinajstić information content (AvgIpc) is 2.68. The van der Waals surface area contributed by atoms with Crippen molar-refractivity contribution in [2.24, 2.45) is 5.41 Å². The minimum Gasteiger partial charge on any atom is -0.326 e. The van der Waals surface area contributed by atoms with Crippen LogP contribution in [0.1, 0.15) is 32.6 Å². The monoisotopic (exact) mass is 203 g/mol. The van der Waals surface area contributed by atoms with Gasteiger partial charge in [-0.3, -0.25) is 4.79 Å². The molecule has 1 aliphatic rings. The van der Waals surface area contributed by atoms with Crippen LogP contribution >= 0.6 is 0 Å². The molecule has 1 aliphatic carbocycles. The van der Waals surface area contributed by atoms with E-state index in [4.69, 9.17) is 0 Å². The molecule has 1 aromatic rings. The molecule has 1 N–H and O–H groups in total. The number of carbonyl (C=O) groups excluding carboxylic acids is 1. The van der Waals surface area contributed by atoms with Gasteiger partial charge in [-0.1, -0.05) is 38.0 Å². The molecule has 0 aliphatic heterocycles. The Labute approximate surface area is 90.7 Å². The number of hydrogen-bond donors (Lipinski definition) is 1. The van der Waals surface area contributed by atoms with Crippen molar-refractivity contribution in [3.63, 3.8) is 0 Å². The van der Waals surface area contributed by atoms with Crippen molar-refractivity contribution in [3.8, 4) is 0 Å². The van der Waals surface area contributed by atoms with Crippen molar-refractivity contribution in [2.45, 2.75) is 32.6 Å². The first-order valence-corrected chi connectivity index (χ1v) is 5.57. The first kappa shape index (κ1) is 10.2. The lowest BCUT2D eigenvalue weighted by atomic mass is 9.88. The molecular weight excluding hydrogens is 186 g/mol. The Bertz CT molecular complexity index is 339. The minimum atomic E-state index is -0.143. The van der Waals surface area contributed by atoms with Gasteiger partial charge in [0.2, 0.25) is 5.91 Å². The minimum absolute atomic E-state index is 0.143. The van der Waals surface area contributed by atoms with E-state index in [0.717, 1.165) is 18.5 Å². The molecule has 0 radical (unpaired) electrons. The molecule has 80 valence electrons. The summed E-state index contributed by atoms with van der Waals surface area (Å²) >= 11 is 0. The van der Waals surface area contributed by atoms with E-state index in [9.17, 15) is 4.79 Å². The van der Waals surface area contributed by atoms with Gasteiger partial charge < -0.3 is 5.32 Å². The smallest absolute Gasteiger partial charge is 0.230 e. The van der Waals surface area contributed by atoms with Crippen LogP contribution in [0.25, 0.3) is 0 Å². The summed E-state index contributed by atoms with van der Waals surface area (Å²) in [5.74, 6) is 0.172. The van der Waals surface area contributed by atoms with Crippen molar-refractivity contribution in [1.29, 1.82) is 0 Å². The van der Waals surface area contributed by atoms with Gasteiger partial charge in [0, 0.05) is 11.1 Å². The number of para-hydroxylation sites is 1. The van der Waals surface area contributed by atoms with Gasteiger partial charge >= 0.3 is 0 Å². The van der Waals surface area contributed by atoms with Crippen LogP contribution < -0.4 is 5.32 Å². The number of benzene rings is 1. The number of carbonyl (C=O) groups is 1.